The van der Waals surface area contributed by atoms with Crippen molar-refractivity contribution in [1.29, 1.82) is 0 Å². The van der Waals surface area contributed by atoms with Crippen LogP contribution in [0, 0.1) is 11.8 Å². The number of amides is 2. The Labute approximate surface area is 219 Å². The summed E-state index contributed by atoms with van der Waals surface area (Å²) in [6.45, 7) is 3.56. The Hall–Kier alpha value is -3.19. The summed E-state index contributed by atoms with van der Waals surface area (Å²) in [4.78, 5) is 35.9. The molecule has 1 fully saturated rings. The van der Waals surface area contributed by atoms with E-state index in [1.807, 2.05) is 24.3 Å². The van der Waals surface area contributed by atoms with Gasteiger partial charge in [0.2, 0.25) is 12.1 Å². The second kappa shape index (κ2) is 11.1. The number of nitrogens with zero attached hydrogens (tertiary/aromatic N) is 3. The number of fused-ring (bicyclic) bond motifs is 2. The van der Waals surface area contributed by atoms with Crippen molar-refractivity contribution in [1.82, 2.24) is 10.2 Å². The van der Waals surface area contributed by atoms with Crippen LogP contribution in [0.15, 0.2) is 53.5 Å². The van der Waals surface area contributed by atoms with Gasteiger partial charge in [-0.25, -0.2) is 4.99 Å². The van der Waals surface area contributed by atoms with Crippen molar-refractivity contribution in [3.63, 3.8) is 0 Å². The Balaban J connectivity index is 1.45. The number of para-hydroxylation sites is 1. The van der Waals surface area contributed by atoms with Gasteiger partial charge in [-0.3, -0.25) is 9.59 Å². The van der Waals surface area contributed by atoms with Gasteiger partial charge in [0.15, 0.2) is 0 Å². The number of unbranched alkanes of at least 4 members (excludes halogenated alkanes) is 1. The number of benzodiazepines with no additional fused rings is 1. The highest BCUT2D eigenvalue weighted by atomic mass is 16.3. The number of benzene rings is 2. The highest BCUT2D eigenvalue weighted by Crippen LogP contribution is 2.37. The number of likely N-dealkylation sites (N-methyl/N-ethyl adjacent to an activating group) is 1. The summed E-state index contributed by atoms with van der Waals surface area (Å²) in [6, 6.07) is 16.2. The van der Waals surface area contributed by atoms with Gasteiger partial charge >= 0.3 is 0 Å². The summed E-state index contributed by atoms with van der Waals surface area (Å²) in [5.74, 6) is 0.125. The van der Waals surface area contributed by atoms with E-state index in [0.29, 0.717) is 25.3 Å². The number of aliphatic hydroxyl groups is 1. The first kappa shape index (κ1) is 25.5. The van der Waals surface area contributed by atoms with Crippen molar-refractivity contribution >= 4 is 23.3 Å². The minimum absolute atomic E-state index is 0.276. The number of hydrogen-bond donors (Lipinski definition) is 2. The molecule has 0 unspecified atom stereocenters. The van der Waals surface area contributed by atoms with E-state index in [1.54, 1.807) is 11.9 Å². The van der Waals surface area contributed by atoms with E-state index in [4.69, 9.17) is 4.99 Å². The van der Waals surface area contributed by atoms with Crippen LogP contribution in [0.3, 0.4) is 0 Å². The van der Waals surface area contributed by atoms with Crippen LogP contribution < -0.4 is 10.2 Å². The Morgan fingerprint density at radius 1 is 1.14 bits per heavy atom. The van der Waals surface area contributed by atoms with E-state index in [0.717, 1.165) is 55.7 Å². The molecule has 0 radical (unpaired) electrons. The third-order valence-corrected chi connectivity index (χ3v) is 7.97. The van der Waals surface area contributed by atoms with Gasteiger partial charge in [0.1, 0.15) is 5.84 Å². The van der Waals surface area contributed by atoms with Gasteiger partial charge < -0.3 is 20.2 Å². The van der Waals surface area contributed by atoms with Crippen molar-refractivity contribution in [2.75, 3.05) is 18.5 Å². The predicted molar refractivity (Wildman–Crippen MR) is 145 cm³/mol. The molecule has 0 aromatic heterocycles. The van der Waals surface area contributed by atoms with Gasteiger partial charge in [0, 0.05) is 25.7 Å². The molecule has 0 saturated heterocycles. The van der Waals surface area contributed by atoms with Gasteiger partial charge in [-0.05, 0) is 48.4 Å². The number of nitrogens with one attached hydrogen (secondary N) is 1. The third kappa shape index (κ3) is 5.57. The van der Waals surface area contributed by atoms with Crippen LogP contribution in [0.5, 0.6) is 0 Å². The molecule has 2 aliphatic heterocycles. The Morgan fingerprint density at radius 2 is 1.86 bits per heavy atom. The molecule has 3 atom stereocenters. The van der Waals surface area contributed by atoms with Crippen molar-refractivity contribution in [2.24, 2.45) is 16.8 Å². The van der Waals surface area contributed by atoms with Gasteiger partial charge in [0.25, 0.3) is 5.91 Å². The van der Waals surface area contributed by atoms with Crippen molar-refractivity contribution in [3.05, 3.63) is 65.2 Å². The average molecular weight is 503 g/mol. The zero-order valence-electron chi connectivity index (χ0n) is 21.9. The first-order valence-electron chi connectivity index (χ1n) is 13.7. The minimum Gasteiger partial charge on any atom is -0.392 e. The number of anilines is 1. The zero-order chi connectivity index (χ0) is 25.9. The fourth-order valence-corrected chi connectivity index (χ4v) is 5.53. The van der Waals surface area contributed by atoms with Crippen LogP contribution in [0.2, 0.25) is 0 Å². The topological polar surface area (TPSA) is 85.2 Å². The molecule has 7 nitrogen and oxygen atoms in total. The van der Waals surface area contributed by atoms with E-state index in [9.17, 15) is 14.7 Å². The molecule has 2 aromatic carbocycles. The van der Waals surface area contributed by atoms with Gasteiger partial charge in [0.05, 0.1) is 17.7 Å². The lowest BCUT2D eigenvalue weighted by Gasteiger charge is -2.32. The lowest BCUT2D eigenvalue weighted by molar-refractivity contribution is -0.133. The average Bonchev–Trinajstić information content (AvgIpc) is 3.76. The van der Waals surface area contributed by atoms with E-state index in [1.165, 1.54) is 11.1 Å². The standard InChI is InChI=1S/C30H38N4O3/c1-3-4-13-26(35)24(18-20-14-15-20)29(36)32-27-30(37)33(2)25-12-8-7-11-23(25)28(31-27)34-17-16-21-9-5-6-10-22(21)19-34/h5-12,20,24,26-27,35H,3-4,13-19H2,1-2H3,(H,32,36)/t24-,26+,27+/m1/s1. The van der Waals surface area contributed by atoms with Crippen LogP contribution in [0.1, 0.15) is 62.1 Å². The maximum atomic E-state index is 13.6. The fraction of sp³-hybridized carbons (Fsp3) is 0.500. The quantitative estimate of drug-likeness (QED) is 0.574. The maximum Gasteiger partial charge on any atom is 0.272 e. The first-order valence-corrected chi connectivity index (χ1v) is 13.7. The van der Waals surface area contributed by atoms with Gasteiger partial charge in [-0.15, -0.1) is 0 Å². The summed E-state index contributed by atoms with van der Waals surface area (Å²) >= 11 is 0. The third-order valence-electron chi connectivity index (χ3n) is 7.97. The molecule has 5 rings (SSSR count). The van der Waals surface area contributed by atoms with Crippen LogP contribution >= 0.6 is 0 Å². The highest BCUT2D eigenvalue weighted by molar-refractivity contribution is 6.12. The van der Waals surface area contributed by atoms with Gasteiger partial charge in [-0.1, -0.05) is 69.0 Å². The van der Waals surface area contributed by atoms with Crippen LogP contribution in [-0.2, 0) is 22.6 Å². The molecule has 2 heterocycles. The van der Waals surface area contributed by atoms with Crippen LogP contribution in [-0.4, -0.2) is 53.5 Å². The monoisotopic (exact) mass is 502 g/mol. The maximum absolute atomic E-state index is 13.6. The second-order valence-corrected chi connectivity index (χ2v) is 10.7. The number of aliphatic hydroxyl groups excluding tert-OH is 1. The minimum atomic E-state index is -1.04. The number of aliphatic imine (C=N–C) groups is 1. The Bertz CT molecular complexity index is 1170. The molecule has 0 spiro atoms. The number of hydrogen-bond acceptors (Lipinski definition) is 5. The zero-order valence-corrected chi connectivity index (χ0v) is 21.9. The molecule has 1 saturated carbocycles. The lowest BCUT2D eigenvalue weighted by Crippen LogP contribution is -2.50. The van der Waals surface area contributed by atoms with E-state index >= 15 is 0 Å². The van der Waals surface area contributed by atoms with Crippen LogP contribution in [0.25, 0.3) is 0 Å². The number of carbonyl (C=O) groups excluding carboxylic acids is 2. The smallest absolute Gasteiger partial charge is 0.272 e. The molecule has 0 bridgehead atoms. The van der Waals surface area contributed by atoms with Crippen LogP contribution in [0.4, 0.5) is 5.69 Å². The first-order chi connectivity index (χ1) is 18.0. The normalized spacial score (nSPS) is 20.9. The Morgan fingerprint density at radius 3 is 2.62 bits per heavy atom. The van der Waals surface area contributed by atoms with E-state index in [-0.39, 0.29) is 11.8 Å². The van der Waals surface area contributed by atoms with Gasteiger partial charge in [-0.2, -0.15) is 0 Å². The lowest BCUT2D eigenvalue weighted by atomic mass is 9.91. The van der Waals surface area contributed by atoms with E-state index < -0.39 is 18.2 Å². The molecule has 7 heteroatoms. The fourth-order valence-electron chi connectivity index (χ4n) is 5.53. The SMILES string of the molecule is CCCC[C@H](O)[C@@H](CC1CC1)C(=O)N[C@@H]1N=C(N2CCc3ccccc3C2)c2ccccc2N(C)C1=O. The molecule has 2 N–H and O–H groups in total. The molecule has 2 aromatic rings. The van der Waals surface area contributed by atoms with E-state index in [2.05, 4.69) is 41.4 Å². The predicted octanol–water partition coefficient (Wildman–Crippen LogP) is 3.88. The summed E-state index contributed by atoms with van der Waals surface area (Å²) in [5.41, 5.74) is 4.25. The van der Waals surface area contributed by atoms with Crippen molar-refractivity contribution in [2.45, 2.75) is 70.7 Å². The molecule has 196 valence electrons. The number of amidine groups is 1. The largest absolute Gasteiger partial charge is 0.392 e. The summed E-state index contributed by atoms with van der Waals surface area (Å²) in [6.07, 6.45) is 4.43. The molecule has 1 aliphatic carbocycles. The van der Waals surface area contributed by atoms with Crippen molar-refractivity contribution < 1.29 is 14.7 Å². The number of rotatable bonds is 8. The Kier molecular flexibility index (Phi) is 7.60. The number of carbonyl (C=O) groups is 2. The summed E-state index contributed by atoms with van der Waals surface area (Å²) in [7, 11) is 1.74. The summed E-state index contributed by atoms with van der Waals surface area (Å²) < 4.78 is 0. The second-order valence-electron chi connectivity index (χ2n) is 10.7. The molecule has 37 heavy (non-hydrogen) atoms. The molecular weight excluding hydrogens is 464 g/mol. The molecular formula is C30H38N4O3. The summed E-state index contributed by atoms with van der Waals surface area (Å²) in [5, 5.41) is 13.8. The molecule has 3 aliphatic rings. The van der Waals surface area contributed by atoms with Crippen molar-refractivity contribution in [3.8, 4) is 0 Å². The molecule has 2 amide bonds. The highest BCUT2D eigenvalue weighted by Gasteiger charge is 2.38.